The van der Waals surface area contributed by atoms with Crippen LogP contribution in [-0.2, 0) is 11.3 Å². The lowest BCUT2D eigenvalue weighted by Crippen LogP contribution is -2.38. The number of nitrogens with one attached hydrogen (secondary N) is 1. The number of carbonyl (C=O) groups excluding carboxylic acids is 1. The van der Waals surface area contributed by atoms with Crippen molar-refractivity contribution in [3.63, 3.8) is 0 Å². The molecule has 3 nitrogen and oxygen atoms in total. The molecule has 0 spiro atoms. The lowest BCUT2D eigenvalue weighted by Gasteiger charge is -2.15. The molecule has 0 radical (unpaired) electrons. The summed E-state index contributed by atoms with van der Waals surface area (Å²) in [5, 5.41) is 2.73. The van der Waals surface area contributed by atoms with E-state index in [0.29, 0.717) is 11.0 Å². The Labute approximate surface area is 121 Å². The van der Waals surface area contributed by atoms with Gasteiger partial charge in [-0.1, -0.05) is 13.0 Å². The van der Waals surface area contributed by atoms with Crippen LogP contribution < -0.4 is 11.1 Å². The largest absolute Gasteiger partial charge is 0.352 e. The Morgan fingerprint density at radius 3 is 2.61 bits per heavy atom. The third-order valence-corrected chi connectivity index (χ3v) is 3.30. The zero-order valence-corrected chi connectivity index (χ0v) is 12.6. The van der Waals surface area contributed by atoms with Gasteiger partial charge in [-0.25, -0.2) is 4.39 Å². The SMILES string of the molecule is CC(N)C(C)C(=O)NCc1ccc(Br)c(F)c1.Cl. The zero-order valence-electron chi connectivity index (χ0n) is 10.2. The van der Waals surface area contributed by atoms with Crippen LogP contribution in [0.15, 0.2) is 22.7 Å². The molecule has 3 N–H and O–H groups in total. The van der Waals surface area contributed by atoms with Gasteiger partial charge < -0.3 is 11.1 Å². The van der Waals surface area contributed by atoms with Gasteiger partial charge in [0.25, 0.3) is 0 Å². The molecule has 0 aliphatic rings. The van der Waals surface area contributed by atoms with Crippen molar-refractivity contribution in [3.8, 4) is 0 Å². The fourth-order valence-corrected chi connectivity index (χ4v) is 1.49. The molecule has 0 saturated carbocycles. The van der Waals surface area contributed by atoms with Crippen molar-refractivity contribution in [3.05, 3.63) is 34.1 Å². The summed E-state index contributed by atoms with van der Waals surface area (Å²) in [4.78, 5) is 11.6. The first-order valence-corrected chi connectivity index (χ1v) is 6.18. The maximum absolute atomic E-state index is 13.2. The third-order valence-electron chi connectivity index (χ3n) is 2.65. The fraction of sp³-hybridized carbons (Fsp3) is 0.417. The summed E-state index contributed by atoms with van der Waals surface area (Å²) in [6.07, 6.45) is 0. The van der Waals surface area contributed by atoms with Gasteiger partial charge in [0.2, 0.25) is 5.91 Å². The summed E-state index contributed by atoms with van der Waals surface area (Å²) < 4.78 is 13.6. The predicted molar refractivity (Wildman–Crippen MR) is 76.0 cm³/mol. The number of carbonyl (C=O) groups is 1. The summed E-state index contributed by atoms with van der Waals surface area (Å²) in [6, 6.07) is 4.56. The summed E-state index contributed by atoms with van der Waals surface area (Å²) in [5.74, 6) is -0.712. The lowest BCUT2D eigenvalue weighted by molar-refractivity contribution is -0.125. The van der Waals surface area contributed by atoms with Crippen molar-refractivity contribution in [2.24, 2.45) is 11.7 Å². The average Bonchev–Trinajstić information content (AvgIpc) is 2.29. The normalized spacial score (nSPS) is 13.4. The zero-order chi connectivity index (χ0) is 13.0. The Hall–Kier alpha value is -0.650. The highest BCUT2D eigenvalue weighted by atomic mass is 79.9. The Morgan fingerprint density at radius 2 is 2.11 bits per heavy atom. The number of nitrogens with two attached hydrogens (primary N) is 1. The van der Waals surface area contributed by atoms with Gasteiger partial charge in [0.15, 0.2) is 0 Å². The van der Waals surface area contributed by atoms with Crippen molar-refractivity contribution in [1.29, 1.82) is 0 Å². The van der Waals surface area contributed by atoms with E-state index in [1.807, 2.05) is 0 Å². The fourth-order valence-electron chi connectivity index (χ4n) is 1.24. The first-order valence-electron chi connectivity index (χ1n) is 5.39. The Kier molecular flexibility index (Phi) is 7.43. The second-order valence-corrected chi connectivity index (χ2v) is 4.97. The molecule has 0 aliphatic heterocycles. The number of benzene rings is 1. The van der Waals surface area contributed by atoms with Crippen molar-refractivity contribution < 1.29 is 9.18 Å². The molecule has 0 bridgehead atoms. The summed E-state index contributed by atoms with van der Waals surface area (Å²) in [5.41, 5.74) is 6.34. The van der Waals surface area contributed by atoms with E-state index in [9.17, 15) is 9.18 Å². The molecule has 0 fully saturated rings. The quantitative estimate of drug-likeness (QED) is 0.886. The van der Waals surface area contributed by atoms with E-state index in [2.05, 4.69) is 21.2 Å². The molecule has 2 unspecified atom stereocenters. The van der Waals surface area contributed by atoms with Crippen LogP contribution in [0.25, 0.3) is 0 Å². The van der Waals surface area contributed by atoms with Crippen LogP contribution in [0.5, 0.6) is 0 Å². The first kappa shape index (κ1) is 17.4. The number of hydrogen-bond acceptors (Lipinski definition) is 2. The highest BCUT2D eigenvalue weighted by molar-refractivity contribution is 9.10. The van der Waals surface area contributed by atoms with Gasteiger partial charge in [-0.15, -0.1) is 12.4 Å². The average molecular weight is 340 g/mol. The van der Waals surface area contributed by atoms with Crippen molar-refractivity contribution in [2.45, 2.75) is 26.4 Å². The lowest BCUT2D eigenvalue weighted by atomic mass is 10.0. The van der Waals surface area contributed by atoms with Crippen LogP contribution in [0.1, 0.15) is 19.4 Å². The summed E-state index contributed by atoms with van der Waals surface area (Å²) >= 11 is 3.07. The number of halogens is 3. The van der Waals surface area contributed by atoms with Crippen LogP contribution in [-0.4, -0.2) is 11.9 Å². The maximum Gasteiger partial charge on any atom is 0.224 e. The van der Waals surface area contributed by atoms with Gasteiger partial charge in [0, 0.05) is 18.5 Å². The van der Waals surface area contributed by atoms with E-state index in [0.717, 1.165) is 5.56 Å². The van der Waals surface area contributed by atoms with Gasteiger partial charge in [-0.2, -0.15) is 0 Å². The minimum absolute atomic E-state index is 0. The monoisotopic (exact) mass is 338 g/mol. The Bertz CT molecular complexity index is 415. The molecule has 1 rings (SSSR count). The smallest absolute Gasteiger partial charge is 0.224 e. The molecular weight excluding hydrogens is 322 g/mol. The van der Waals surface area contributed by atoms with E-state index in [1.54, 1.807) is 26.0 Å². The van der Waals surface area contributed by atoms with Crippen LogP contribution in [0.3, 0.4) is 0 Å². The first-order chi connectivity index (χ1) is 7.91. The molecule has 1 amide bonds. The molecule has 6 heteroatoms. The van der Waals surface area contributed by atoms with Crippen LogP contribution in [0.2, 0.25) is 0 Å². The van der Waals surface area contributed by atoms with Gasteiger partial charge in [0.1, 0.15) is 5.82 Å². The third kappa shape index (κ3) is 4.92. The van der Waals surface area contributed by atoms with Crippen molar-refractivity contribution in [2.75, 3.05) is 0 Å². The summed E-state index contributed by atoms with van der Waals surface area (Å²) in [6.45, 7) is 3.85. The second kappa shape index (κ2) is 7.71. The number of hydrogen-bond donors (Lipinski definition) is 2. The van der Waals surface area contributed by atoms with E-state index in [4.69, 9.17) is 5.73 Å². The molecule has 1 aromatic rings. The molecule has 102 valence electrons. The molecule has 2 atom stereocenters. The Balaban J connectivity index is 0.00000289. The molecule has 18 heavy (non-hydrogen) atoms. The van der Waals surface area contributed by atoms with E-state index >= 15 is 0 Å². The Morgan fingerprint density at radius 1 is 1.50 bits per heavy atom. The van der Waals surface area contributed by atoms with Gasteiger partial charge in [0.05, 0.1) is 4.47 Å². The highest BCUT2D eigenvalue weighted by Gasteiger charge is 2.16. The van der Waals surface area contributed by atoms with Gasteiger partial charge in [-0.3, -0.25) is 4.79 Å². The molecule has 0 aromatic heterocycles. The molecule has 0 saturated heterocycles. The number of amides is 1. The van der Waals surface area contributed by atoms with Gasteiger partial charge in [-0.05, 0) is 40.5 Å². The van der Waals surface area contributed by atoms with Crippen LogP contribution in [0, 0.1) is 11.7 Å². The van der Waals surface area contributed by atoms with Crippen LogP contribution >= 0.6 is 28.3 Å². The van der Waals surface area contributed by atoms with E-state index < -0.39 is 0 Å². The molecule has 1 aromatic carbocycles. The second-order valence-electron chi connectivity index (χ2n) is 4.11. The predicted octanol–water partition coefficient (Wildman–Crippen LogP) is 2.61. The van der Waals surface area contributed by atoms with Crippen LogP contribution in [0.4, 0.5) is 4.39 Å². The molecule has 0 heterocycles. The standard InChI is InChI=1S/C12H16BrFN2O.ClH/c1-7(8(2)15)12(17)16-6-9-3-4-10(13)11(14)5-9;/h3-5,7-8H,6,15H2,1-2H3,(H,16,17);1H. The molecule has 0 aliphatic carbocycles. The maximum atomic E-state index is 13.2. The van der Waals surface area contributed by atoms with Crippen molar-refractivity contribution >= 4 is 34.2 Å². The highest BCUT2D eigenvalue weighted by Crippen LogP contribution is 2.16. The topological polar surface area (TPSA) is 55.1 Å². The van der Waals surface area contributed by atoms with Gasteiger partial charge >= 0.3 is 0 Å². The van der Waals surface area contributed by atoms with E-state index in [1.165, 1.54) is 6.07 Å². The van der Waals surface area contributed by atoms with Crippen molar-refractivity contribution in [1.82, 2.24) is 5.32 Å². The molecular formula is C12H17BrClFN2O. The number of rotatable bonds is 4. The minimum Gasteiger partial charge on any atom is -0.352 e. The summed E-state index contributed by atoms with van der Waals surface area (Å²) in [7, 11) is 0. The minimum atomic E-state index is -0.336. The van der Waals surface area contributed by atoms with E-state index in [-0.39, 0.29) is 36.1 Å².